The van der Waals surface area contributed by atoms with E-state index in [1.165, 1.54) is 0 Å². The summed E-state index contributed by atoms with van der Waals surface area (Å²) in [7, 11) is 0. The molecule has 3 heterocycles. The Labute approximate surface area is 139 Å². The van der Waals surface area contributed by atoms with Crippen molar-refractivity contribution in [3.8, 4) is 0 Å². The molecular formula is C17H21N3O2S. The van der Waals surface area contributed by atoms with E-state index in [-0.39, 0.29) is 17.7 Å². The zero-order valence-electron chi connectivity index (χ0n) is 13.2. The number of likely N-dealkylation sites (tertiary alicyclic amines) is 1. The van der Waals surface area contributed by atoms with Gasteiger partial charge in [-0.25, -0.2) is 0 Å². The Hall–Kier alpha value is -2.08. The number of carbonyl (C=O) groups excluding carboxylic acids is 2. The van der Waals surface area contributed by atoms with Gasteiger partial charge in [0.05, 0.1) is 0 Å². The monoisotopic (exact) mass is 331 g/mol. The zero-order chi connectivity index (χ0) is 16.4. The van der Waals surface area contributed by atoms with Crippen LogP contribution < -0.4 is 5.73 Å². The van der Waals surface area contributed by atoms with Crippen molar-refractivity contribution < 1.29 is 9.59 Å². The number of thiophene rings is 1. The van der Waals surface area contributed by atoms with Crippen molar-refractivity contribution in [3.05, 3.63) is 35.4 Å². The molecule has 0 atom stereocenters. The average molecular weight is 331 g/mol. The molecule has 1 aliphatic rings. The van der Waals surface area contributed by atoms with Gasteiger partial charge in [0.25, 0.3) is 5.91 Å². The Morgan fingerprint density at radius 1 is 1.39 bits per heavy atom. The highest BCUT2D eigenvalue weighted by Crippen LogP contribution is 2.27. The van der Waals surface area contributed by atoms with E-state index >= 15 is 0 Å². The van der Waals surface area contributed by atoms with Crippen LogP contribution in [0.25, 0.3) is 10.2 Å². The van der Waals surface area contributed by atoms with Gasteiger partial charge in [-0.15, -0.1) is 11.3 Å². The van der Waals surface area contributed by atoms with Crippen LogP contribution in [-0.2, 0) is 11.3 Å². The van der Waals surface area contributed by atoms with Crippen LogP contribution in [0, 0.1) is 5.92 Å². The van der Waals surface area contributed by atoms with E-state index in [4.69, 9.17) is 5.73 Å². The number of nitrogens with two attached hydrogens (primary N) is 1. The number of rotatable bonds is 4. The summed E-state index contributed by atoms with van der Waals surface area (Å²) in [4.78, 5) is 27.1. The highest BCUT2D eigenvalue weighted by Gasteiger charge is 2.28. The summed E-state index contributed by atoms with van der Waals surface area (Å²) in [5.74, 6) is -0.313. The number of hydrogen-bond acceptors (Lipinski definition) is 3. The second kappa shape index (κ2) is 6.58. The molecule has 2 aromatic rings. The zero-order valence-corrected chi connectivity index (χ0v) is 14.0. The first kappa shape index (κ1) is 15.8. The minimum absolute atomic E-state index is 0.0424. The summed E-state index contributed by atoms with van der Waals surface area (Å²) in [6.07, 6.45) is 5.36. The summed E-state index contributed by atoms with van der Waals surface area (Å²) in [5.41, 5.74) is 6.09. The third-order valence-electron chi connectivity index (χ3n) is 4.43. The van der Waals surface area contributed by atoms with Crippen molar-refractivity contribution in [2.75, 3.05) is 13.1 Å². The summed E-state index contributed by atoms with van der Waals surface area (Å²) in [6.45, 7) is 3.86. The Morgan fingerprint density at radius 3 is 2.78 bits per heavy atom. The molecule has 1 saturated heterocycles. The normalized spacial score (nSPS) is 16.5. The van der Waals surface area contributed by atoms with E-state index in [1.54, 1.807) is 11.3 Å². The predicted molar refractivity (Wildman–Crippen MR) is 92.5 cm³/mol. The van der Waals surface area contributed by atoms with Crippen LogP contribution in [0.1, 0.15) is 30.3 Å². The van der Waals surface area contributed by atoms with Gasteiger partial charge in [0, 0.05) is 30.9 Å². The summed E-state index contributed by atoms with van der Waals surface area (Å²) in [5, 5.41) is 3.15. The van der Waals surface area contributed by atoms with Gasteiger partial charge < -0.3 is 15.2 Å². The maximum atomic E-state index is 12.9. The second-order valence-corrected chi connectivity index (χ2v) is 6.75. The number of aromatic nitrogens is 1. The fourth-order valence-corrected chi connectivity index (χ4v) is 3.98. The van der Waals surface area contributed by atoms with Crippen molar-refractivity contribution in [3.63, 3.8) is 0 Å². The minimum atomic E-state index is -0.255. The van der Waals surface area contributed by atoms with Crippen LogP contribution in [0.2, 0.25) is 0 Å². The molecule has 2 N–H and O–H groups in total. The molecule has 1 aliphatic heterocycles. The molecule has 0 unspecified atom stereocenters. The van der Waals surface area contributed by atoms with Crippen molar-refractivity contribution in [1.82, 2.24) is 9.47 Å². The average Bonchev–Trinajstić information content (AvgIpc) is 3.13. The summed E-state index contributed by atoms with van der Waals surface area (Å²) >= 11 is 1.65. The van der Waals surface area contributed by atoms with Crippen molar-refractivity contribution in [2.24, 2.45) is 11.7 Å². The highest BCUT2D eigenvalue weighted by molar-refractivity contribution is 7.16. The van der Waals surface area contributed by atoms with Crippen LogP contribution in [0.15, 0.2) is 29.7 Å². The Morgan fingerprint density at radius 2 is 2.13 bits per heavy atom. The molecule has 3 rings (SSSR count). The van der Waals surface area contributed by atoms with Gasteiger partial charge in [-0.2, -0.15) is 0 Å². The molecule has 0 radical (unpaired) electrons. The fourth-order valence-electron chi connectivity index (χ4n) is 3.07. The molecule has 6 heteroatoms. The smallest absolute Gasteiger partial charge is 0.270 e. The lowest BCUT2D eigenvalue weighted by molar-refractivity contribution is -0.123. The molecule has 2 amide bonds. The standard InChI is InChI=1S/C17H21N3O2S/c1-2-3-7-20-14(11-13-6-10-23-17(13)20)16(22)19-8-4-12(5-9-19)15(18)21/h2-3,6,10-12H,4-5,7-9H2,1H3,(H2,18,21)/b3-2-. The van der Waals surface area contributed by atoms with Gasteiger partial charge in [0.2, 0.25) is 5.91 Å². The van der Waals surface area contributed by atoms with Crippen LogP contribution in [0.3, 0.4) is 0 Å². The van der Waals surface area contributed by atoms with Crippen LogP contribution in [-0.4, -0.2) is 34.4 Å². The Balaban J connectivity index is 1.83. The quantitative estimate of drug-likeness (QED) is 0.875. The van der Waals surface area contributed by atoms with Crippen molar-refractivity contribution in [1.29, 1.82) is 0 Å². The maximum absolute atomic E-state index is 12.9. The molecule has 0 spiro atoms. The lowest BCUT2D eigenvalue weighted by Gasteiger charge is -2.30. The predicted octanol–water partition coefficient (Wildman–Crippen LogP) is 2.62. The largest absolute Gasteiger partial charge is 0.369 e. The van der Waals surface area contributed by atoms with E-state index in [0.29, 0.717) is 32.5 Å². The number of amides is 2. The summed E-state index contributed by atoms with van der Waals surface area (Å²) < 4.78 is 2.07. The third kappa shape index (κ3) is 3.03. The Bertz CT molecular complexity index is 751. The third-order valence-corrected chi connectivity index (χ3v) is 5.38. The lowest BCUT2D eigenvalue weighted by atomic mass is 9.96. The van der Waals surface area contributed by atoms with E-state index in [0.717, 1.165) is 15.9 Å². The number of primary amides is 1. The first-order valence-corrected chi connectivity index (χ1v) is 8.76. The fraction of sp³-hybridized carbons (Fsp3) is 0.412. The molecule has 122 valence electrons. The number of hydrogen-bond donors (Lipinski definition) is 1. The summed E-state index contributed by atoms with van der Waals surface area (Å²) in [6, 6.07) is 4.01. The van der Waals surface area contributed by atoms with E-state index in [1.807, 2.05) is 35.4 Å². The van der Waals surface area contributed by atoms with Gasteiger partial charge >= 0.3 is 0 Å². The SMILES string of the molecule is C/C=C\Cn1c(C(=O)N2CCC(C(N)=O)CC2)cc2ccsc21. The van der Waals surface area contributed by atoms with E-state index in [9.17, 15) is 9.59 Å². The first-order chi connectivity index (χ1) is 11.1. The molecule has 0 bridgehead atoms. The molecule has 2 aromatic heterocycles. The topological polar surface area (TPSA) is 68.3 Å². The Kier molecular flexibility index (Phi) is 4.52. The minimum Gasteiger partial charge on any atom is -0.369 e. The number of allylic oxidation sites excluding steroid dienone is 2. The number of nitrogens with zero attached hydrogens (tertiary/aromatic N) is 2. The van der Waals surface area contributed by atoms with E-state index in [2.05, 4.69) is 10.6 Å². The molecule has 0 saturated carbocycles. The molecule has 0 aromatic carbocycles. The van der Waals surface area contributed by atoms with Crippen LogP contribution >= 0.6 is 11.3 Å². The van der Waals surface area contributed by atoms with Crippen LogP contribution in [0.5, 0.6) is 0 Å². The second-order valence-electron chi connectivity index (χ2n) is 5.86. The van der Waals surface area contributed by atoms with Crippen molar-refractivity contribution >= 4 is 33.4 Å². The van der Waals surface area contributed by atoms with Gasteiger partial charge in [-0.1, -0.05) is 12.2 Å². The number of piperidine rings is 1. The lowest BCUT2D eigenvalue weighted by Crippen LogP contribution is -2.42. The molecule has 23 heavy (non-hydrogen) atoms. The van der Waals surface area contributed by atoms with Gasteiger partial charge in [0.1, 0.15) is 10.5 Å². The molecule has 1 fully saturated rings. The molecule has 0 aliphatic carbocycles. The van der Waals surface area contributed by atoms with Gasteiger partial charge in [0.15, 0.2) is 0 Å². The van der Waals surface area contributed by atoms with E-state index < -0.39 is 0 Å². The highest BCUT2D eigenvalue weighted by atomic mass is 32.1. The van der Waals surface area contributed by atoms with Crippen molar-refractivity contribution in [2.45, 2.75) is 26.3 Å². The molecular weight excluding hydrogens is 310 g/mol. The first-order valence-electron chi connectivity index (χ1n) is 7.88. The number of fused-ring (bicyclic) bond motifs is 1. The maximum Gasteiger partial charge on any atom is 0.270 e. The number of carbonyl (C=O) groups is 2. The molecule has 5 nitrogen and oxygen atoms in total. The van der Waals surface area contributed by atoms with Crippen LogP contribution in [0.4, 0.5) is 0 Å². The van der Waals surface area contributed by atoms with Gasteiger partial charge in [-0.3, -0.25) is 9.59 Å². The van der Waals surface area contributed by atoms with Gasteiger partial charge in [-0.05, 0) is 37.3 Å².